The number of hydrogen-bond donors (Lipinski definition) is 6. The molecule has 1 fully saturated rings. The van der Waals surface area contributed by atoms with Gasteiger partial charge in [-0.1, -0.05) is 62.2 Å². The minimum absolute atomic E-state index is 0.127. The standard InChI is InChI=1S/C29H42N6O3/c1-2-7-21-15-18-35(19-16-21)26(23-8-4-3-5-9-23)28(38)34-25(10-6-17-32-29(30)31)27(37)33-20-22-11-13-24(36)14-12-22/h3-5,8-9,11-14,21,25-26,36H,2,6-7,10,15-20H2,1H3,(H,33,37)(H,34,38)(H4,30,31,32)/t25-,26+/m1/s1. The van der Waals surface area contributed by atoms with Crippen molar-refractivity contribution < 1.29 is 14.7 Å². The zero-order valence-electron chi connectivity index (χ0n) is 22.3. The van der Waals surface area contributed by atoms with Gasteiger partial charge in [-0.15, -0.1) is 0 Å². The summed E-state index contributed by atoms with van der Waals surface area (Å²) >= 11 is 0. The number of nitrogens with zero attached hydrogens (tertiary/aromatic N) is 1. The average Bonchev–Trinajstić information content (AvgIpc) is 2.91. The highest BCUT2D eigenvalue weighted by molar-refractivity contribution is 5.90. The van der Waals surface area contributed by atoms with Crippen LogP contribution in [0.25, 0.3) is 0 Å². The number of aromatic hydroxyl groups is 1. The lowest BCUT2D eigenvalue weighted by molar-refractivity contribution is -0.133. The fourth-order valence-electron chi connectivity index (χ4n) is 5.05. The molecule has 3 rings (SSSR count). The summed E-state index contributed by atoms with van der Waals surface area (Å²) in [5.74, 6) is 0.270. The first-order valence-corrected chi connectivity index (χ1v) is 13.6. The molecule has 1 saturated heterocycles. The van der Waals surface area contributed by atoms with Crippen LogP contribution in [0.1, 0.15) is 62.6 Å². The van der Waals surface area contributed by atoms with Gasteiger partial charge in [-0.2, -0.15) is 0 Å². The molecular formula is C29H42N6O3. The van der Waals surface area contributed by atoms with Gasteiger partial charge in [0.05, 0.1) is 0 Å². The molecular weight excluding hydrogens is 480 g/mol. The topological polar surface area (TPSA) is 144 Å². The largest absolute Gasteiger partial charge is 0.508 e. The molecule has 0 saturated carbocycles. The SMILES string of the molecule is CCCC1CCN([C@H](C(=O)N[C@H](CCCNC(=N)N)C(=O)NCc2ccc(O)cc2)c2ccccc2)CC1. The van der Waals surface area contributed by atoms with Crippen molar-refractivity contribution in [2.45, 2.75) is 64.1 Å². The van der Waals surface area contributed by atoms with Crippen molar-refractivity contribution in [2.24, 2.45) is 11.7 Å². The fraction of sp³-hybridized carbons (Fsp3) is 0.483. The summed E-state index contributed by atoms with van der Waals surface area (Å²) in [6, 6.07) is 15.2. The number of phenols is 1. The summed E-state index contributed by atoms with van der Waals surface area (Å²) in [4.78, 5) is 29.2. The van der Waals surface area contributed by atoms with Crippen LogP contribution < -0.4 is 21.7 Å². The molecule has 0 aromatic heterocycles. The second kappa shape index (κ2) is 15.0. The highest BCUT2D eigenvalue weighted by Crippen LogP contribution is 2.29. The Balaban J connectivity index is 1.71. The van der Waals surface area contributed by atoms with Crippen molar-refractivity contribution >= 4 is 17.8 Å². The molecule has 206 valence electrons. The van der Waals surface area contributed by atoms with E-state index in [4.69, 9.17) is 11.1 Å². The number of likely N-dealkylation sites (tertiary alicyclic amines) is 1. The van der Waals surface area contributed by atoms with E-state index in [2.05, 4.69) is 27.8 Å². The van der Waals surface area contributed by atoms with Crippen LogP contribution >= 0.6 is 0 Å². The third kappa shape index (κ3) is 9.06. The van der Waals surface area contributed by atoms with Crippen LogP contribution in [0.2, 0.25) is 0 Å². The van der Waals surface area contributed by atoms with Gasteiger partial charge in [0.2, 0.25) is 11.8 Å². The lowest BCUT2D eigenvalue weighted by atomic mass is 9.90. The Hall–Kier alpha value is -3.59. The van der Waals surface area contributed by atoms with E-state index in [1.54, 1.807) is 24.3 Å². The summed E-state index contributed by atoms with van der Waals surface area (Å²) in [7, 11) is 0. The number of hydrogen-bond acceptors (Lipinski definition) is 5. The van der Waals surface area contributed by atoms with Crippen molar-refractivity contribution in [1.82, 2.24) is 20.9 Å². The number of guanidine groups is 1. The van der Waals surface area contributed by atoms with E-state index in [-0.39, 0.29) is 30.1 Å². The van der Waals surface area contributed by atoms with Crippen molar-refractivity contribution in [3.05, 3.63) is 65.7 Å². The molecule has 2 atom stereocenters. The number of benzene rings is 2. The third-order valence-corrected chi connectivity index (χ3v) is 7.10. The van der Waals surface area contributed by atoms with E-state index in [1.165, 1.54) is 12.8 Å². The van der Waals surface area contributed by atoms with Gasteiger partial charge in [-0.05, 0) is 68.0 Å². The van der Waals surface area contributed by atoms with Crippen LogP contribution in [0.5, 0.6) is 5.75 Å². The number of carbonyl (C=O) groups is 2. The number of nitrogens with one attached hydrogen (secondary N) is 4. The first-order valence-electron chi connectivity index (χ1n) is 13.6. The molecule has 2 aromatic carbocycles. The summed E-state index contributed by atoms with van der Waals surface area (Å²) in [5, 5.41) is 25.6. The maximum Gasteiger partial charge on any atom is 0.242 e. The van der Waals surface area contributed by atoms with E-state index in [9.17, 15) is 14.7 Å². The predicted molar refractivity (Wildman–Crippen MR) is 149 cm³/mol. The average molecular weight is 523 g/mol. The first kappa shape index (κ1) is 29.0. The molecule has 7 N–H and O–H groups in total. The van der Waals surface area contributed by atoms with E-state index in [1.807, 2.05) is 30.3 Å². The normalized spacial score (nSPS) is 15.8. The summed E-state index contributed by atoms with van der Waals surface area (Å²) in [6.07, 6.45) is 5.47. The predicted octanol–water partition coefficient (Wildman–Crippen LogP) is 3.01. The minimum atomic E-state index is -0.739. The highest BCUT2D eigenvalue weighted by atomic mass is 16.3. The smallest absolute Gasteiger partial charge is 0.242 e. The van der Waals surface area contributed by atoms with E-state index < -0.39 is 12.1 Å². The lowest BCUT2D eigenvalue weighted by Gasteiger charge is -2.37. The monoisotopic (exact) mass is 522 g/mol. The Bertz CT molecular complexity index is 1020. The van der Waals surface area contributed by atoms with Gasteiger partial charge in [0.25, 0.3) is 0 Å². The number of amides is 2. The molecule has 0 aliphatic carbocycles. The molecule has 0 bridgehead atoms. The van der Waals surface area contributed by atoms with Crippen LogP contribution in [-0.4, -0.2) is 53.5 Å². The van der Waals surface area contributed by atoms with Crippen molar-refractivity contribution in [2.75, 3.05) is 19.6 Å². The Morgan fingerprint density at radius 2 is 1.74 bits per heavy atom. The molecule has 0 radical (unpaired) electrons. The first-order chi connectivity index (χ1) is 18.4. The van der Waals surface area contributed by atoms with E-state index in [0.29, 0.717) is 25.3 Å². The maximum atomic E-state index is 13.8. The molecule has 1 heterocycles. The number of nitrogens with two attached hydrogens (primary N) is 1. The van der Waals surface area contributed by atoms with Gasteiger partial charge in [0, 0.05) is 13.1 Å². The van der Waals surface area contributed by atoms with Gasteiger partial charge in [-0.25, -0.2) is 0 Å². The van der Waals surface area contributed by atoms with Crippen LogP contribution in [0.15, 0.2) is 54.6 Å². The molecule has 1 aliphatic heterocycles. The van der Waals surface area contributed by atoms with E-state index in [0.717, 1.165) is 37.1 Å². The zero-order valence-corrected chi connectivity index (χ0v) is 22.3. The molecule has 0 spiro atoms. The molecule has 2 aromatic rings. The second-order valence-corrected chi connectivity index (χ2v) is 10.0. The van der Waals surface area contributed by atoms with Gasteiger partial charge in [-0.3, -0.25) is 19.9 Å². The van der Waals surface area contributed by atoms with Crippen molar-refractivity contribution in [3.8, 4) is 5.75 Å². The Morgan fingerprint density at radius 3 is 2.37 bits per heavy atom. The molecule has 0 unspecified atom stereocenters. The Labute approximate surface area is 225 Å². The van der Waals surface area contributed by atoms with Gasteiger partial charge in [0.1, 0.15) is 17.8 Å². The van der Waals surface area contributed by atoms with Gasteiger partial charge < -0.3 is 26.8 Å². The van der Waals surface area contributed by atoms with Gasteiger partial charge in [0.15, 0.2) is 5.96 Å². The number of phenolic OH excluding ortho intramolecular Hbond substituents is 1. The Morgan fingerprint density at radius 1 is 1.05 bits per heavy atom. The molecule has 2 amide bonds. The Kier molecular flexibility index (Phi) is 11.4. The number of carbonyl (C=O) groups excluding carboxylic acids is 2. The summed E-state index contributed by atoms with van der Waals surface area (Å²) < 4.78 is 0. The molecule has 38 heavy (non-hydrogen) atoms. The van der Waals surface area contributed by atoms with Crippen molar-refractivity contribution in [3.63, 3.8) is 0 Å². The third-order valence-electron chi connectivity index (χ3n) is 7.10. The van der Waals surface area contributed by atoms with Crippen LogP contribution in [0, 0.1) is 11.3 Å². The minimum Gasteiger partial charge on any atom is -0.508 e. The lowest BCUT2D eigenvalue weighted by Crippen LogP contribution is -2.51. The number of rotatable bonds is 13. The second-order valence-electron chi connectivity index (χ2n) is 10.0. The summed E-state index contributed by atoms with van der Waals surface area (Å²) in [5.41, 5.74) is 7.15. The molecule has 9 heteroatoms. The van der Waals surface area contributed by atoms with Crippen LogP contribution in [-0.2, 0) is 16.1 Å². The van der Waals surface area contributed by atoms with Crippen LogP contribution in [0.3, 0.4) is 0 Å². The molecule has 9 nitrogen and oxygen atoms in total. The maximum absolute atomic E-state index is 13.8. The van der Waals surface area contributed by atoms with Gasteiger partial charge >= 0.3 is 0 Å². The molecule has 1 aliphatic rings. The fourth-order valence-corrected chi connectivity index (χ4v) is 5.05. The van der Waals surface area contributed by atoms with Crippen LogP contribution in [0.4, 0.5) is 0 Å². The summed E-state index contributed by atoms with van der Waals surface area (Å²) in [6.45, 7) is 4.62. The van der Waals surface area contributed by atoms with Crippen molar-refractivity contribution in [1.29, 1.82) is 5.41 Å². The quantitative estimate of drug-likeness (QED) is 0.136. The zero-order chi connectivity index (χ0) is 27.3. The highest BCUT2D eigenvalue weighted by Gasteiger charge is 2.33. The van der Waals surface area contributed by atoms with E-state index >= 15 is 0 Å². The number of piperidine rings is 1.